The molecule has 0 radical (unpaired) electrons. The van der Waals surface area contributed by atoms with Gasteiger partial charge in [0.1, 0.15) is 19.0 Å². The molecule has 2 aromatic rings. The number of nitrogens with one attached hydrogen (secondary N) is 1. The average molecular weight is 410 g/mol. The minimum atomic E-state index is -0.368. The highest BCUT2D eigenvalue weighted by atomic mass is 16.6. The van der Waals surface area contributed by atoms with Gasteiger partial charge in [0.2, 0.25) is 11.8 Å². The molecule has 1 saturated heterocycles. The average Bonchev–Trinajstić information content (AvgIpc) is 3.16. The Morgan fingerprint density at radius 1 is 1.17 bits per heavy atom. The van der Waals surface area contributed by atoms with Gasteiger partial charge < -0.3 is 24.4 Å². The Morgan fingerprint density at radius 2 is 1.97 bits per heavy atom. The van der Waals surface area contributed by atoms with Crippen LogP contribution in [0, 0.1) is 5.92 Å². The van der Waals surface area contributed by atoms with E-state index in [1.165, 1.54) is 0 Å². The molecular weight excluding hydrogens is 384 g/mol. The van der Waals surface area contributed by atoms with Crippen LogP contribution in [-0.2, 0) is 16.0 Å². The van der Waals surface area contributed by atoms with Crippen molar-refractivity contribution in [2.24, 2.45) is 5.92 Å². The predicted octanol–water partition coefficient (Wildman–Crippen LogP) is 2.57. The van der Waals surface area contributed by atoms with Crippen molar-refractivity contribution in [3.63, 3.8) is 0 Å². The number of benzene rings is 2. The second kappa shape index (κ2) is 9.07. The van der Waals surface area contributed by atoms with Gasteiger partial charge in [-0.2, -0.15) is 0 Å². The number of hydrogen-bond donors (Lipinski definition) is 1. The van der Waals surface area contributed by atoms with Gasteiger partial charge in [-0.1, -0.05) is 18.2 Å². The summed E-state index contributed by atoms with van der Waals surface area (Å²) in [7, 11) is 0. The molecule has 0 bridgehead atoms. The third-order valence-electron chi connectivity index (χ3n) is 5.27. The van der Waals surface area contributed by atoms with Gasteiger partial charge in [-0.05, 0) is 43.2 Å². The topological polar surface area (TPSA) is 77.1 Å². The standard InChI is InChI=1S/C23H26N2O5/c1-2-28-19-6-4-3-5-18(19)25-15-17(14-22(25)26)23(27)24-10-9-16-7-8-20-21(13-16)30-12-11-29-20/h3-8,13,17H,2,9-12,14-15H2,1H3,(H,24,27)/t17-/m0/s1. The molecule has 30 heavy (non-hydrogen) atoms. The highest BCUT2D eigenvalue weighted by Crippen LogP contribution is 2.33. The van der Waals surface area contributed by atoms with Gasteiger partial charge in [-0.3, -0.25) is 9.59 Å². The van der Waals surface area contributed by atoms with Gasteiger partial charge in [0.05, 0.1) is 18.2 Å². The van der Waals surface area contributed by atoms with E-state index in [1.54, 1.807) is 4.90 Å². The molecule has 7 nitrogen and oxygen atoms in total. The van der Waals surface area contributed by atoms with Crippen LogP contribution in [0.3, 0.4) is 0 Å². The van der Waals surface area contributed by atoms with Crippen LogP contribution >= 0.6 is 0 Å². The Morgan fingerprint density at radius 3 is 2.80 bits per heavy atom. The first-order chi connectivity index (χ1) is 14.7. The first-order valence-electron chi connectivity index (χ1n) is 10.3. The van der Waals surface area contributed by atoms with E-state index in [2.05, 4.69) is 5.32 Å². The fraction of sp³-hybridized carbons (Fsp3) is 0.391. The van der Waals surface area contributed by atoms with E-state index in [4.69, 9.17) is 14.2 Å². The second-order valence-electron chi connectivity index (χ2n) is 7.33. The van der Waals surface area contributed by atoms with Crippen LogP contribution in [0.4, 0.5) is 5.69 Å². The molecule has 2 amide bonds. The molecule has 2 aromatic carbocycles. The zero-order chi connectivity index (χ0) is 20.9. The maximum absolute atomic E-state index is 12.6. The van der Waals surface area contributed by atoms with Crippen molar-refractivity contribution >= 4 is 17.5 Å². The van der Waals surface area contributed by atoms with E-state index in [0.29, 0.717) is 45.1 Å². The van der Waals surface area contributed by atoms with Crippen molar-refractivity contribution in [2.45, 2.75) is 19.8 Å². The van der Waals surface area contributed by atoms with E-state index in [0.717, 1.165) is 22.7 Å². The summed E-state index contributed by atoms with van der Waals surface area (Å²) in [5, 5.41) is 2.96. The Labute approximate surface area is 175 Å². The Bertz CT molecular complexity index is 930. The number of hydrogen-bond acceptors (Lipinski definition) is 5. The molecular formula is C23H26N2O5. The van der Waals surface area contributed by atoms with Crippen LogP contribution in [-0.4, -0.2) is 44.7 Å². The number of anilines is 1. The summed E-state index contributed by atoms with van der Waals surface area (Å²) in [6, 6.07) is 13.3. The van der Waals surface area contributed by atoms with Crippen molar-refractivity contribution in [1.29, 1.82) is 0 Å². The van der Waals surface area contributed by atoms with Crippen molar-refractivity contribution in [3.05, 3.63) is 48.0 Å². The zero-order valence-corrected chi connectivity index (χ0v) is 17.1. The fourth-order valence-corrected chi connectivity index (χ4v) is 3.79. The molecule has 1 fully saturated rings. The van der Waals surface area contributed by atoms with E-state index in [9.17, 15) is 9.59 Å². The summed E-state index contributed by atoms with van der Waals surface area (Å²) in [6.07, 6.45) is 0.885. The van der Waals surface area contributed by atoms with E-state index in [-0.39, 0.29) is 24.2 Å². The fourth-order valence-electron chi connectivity index (χ4n) is 3.79. The van der Waals surface area contributed by atoms with Gasteiger partial charge in [-0.15, -0.1) is 0 Å². The maximum Gasteiger partial charge on any atom is 0.227 e. The summed E-state index contributed by atoms with van der Waals surface area (Å²) in [5.41, 5.74) is 1.78. The third-order valence-corrected chi connectivity index (χ3v) is 5.27. The second-order valence-corrected chi connectivity index (χ2v) is 7.33. The summed E-state index contributed by atoms with van der Waals surface area (Å²) in [4.78, 5) is 26.8. The number of carbonyl (C=O) groups excluding carboxylic acids is 2. The summed E-state index contributed by atoms with van der Waals surface area (Å²) in [6.45, 7) is 4.39. The smallest absolute Gasteiger partial charge is 0.227 e. The quantitative estimate of drug-likeness (QED) is 0.759. The molecule has 158 valence electrons. The van der Waals surface area contributed by atoms with Crippen molar-refractivity contribution in [3.8, 4) is 17.2 Å². The lowest BCUT2D eigenvalue weighted by Gasteiger charge is -2.20. The lowest BCUT2D eigenvalue weighted by Crippen LogP contribution is -2.34. The number of ether oxygens (including phenoxy) is 3. The molecule has 0 unspecified atom stereocenters. The molecule has 0 aliphatic carbocycles. The normalized spacial score (nSPS) is 17.7. The molecule has 1 N–H and O–H groups in total. The van der Waals surface area contributed by atoms with Gasteiger partial charge in [0, 0.05) is 19.5 Å². The number of amides is 2. The first-order valence-corrected chi connectivity index (χ1v) is 10.3. The monoisotopic (exact) mass is 410 g/mol. The molecule has 4 rings (SSSR count). The van der Waals surface area contributed by atoms with Gasteiger partial charge in [0.25, 0.3) is 0 Å². The summed E-state index contributed by atoms with van der Waals surface area (Å²) < 4.78 is 16.8. The number of para-hydroxylation sites is 2. The van der Waals surface area contributed by atoms with Crippen LogP contribution in [0.25, 0.3) is 0 Å². The predicted molar refractivity (Wildman–Crippen MR) is 112 cm³/mol. The number of rotatable bonds is 7. The zero-order valence-electron chi connectivity index (χ0n) is 17.1. The van der Waals surface area contributed by atoms with Crippen molar-refractivity contribution in [1.82, 2.24) is 5.32 Å². The third kappa shape index (κ3) is 4.35. The van der Waals surface area contributed by atoms with Crippen LogP contribution in [0.1, 0.15) is 18.9 Å². The lowest BCUT2D eigenvalue weighted by molar-refractivity contribution is -0.126. The SMILES string of the molecule is CCOc1ccccc1N1C[C@@H](C(=O)NCCc2ccc3c(c2)OCCO3)CC1=O. The van der Waals surface area contributed by atoms with Gasteiger partial charge in [0.15, 0.2) is 11.5 Å². The summed E-state index contributed by atoms with van der Waals surface area (Å²) >= 11 is 0. The Kier molecular flexibility index (Phi) is 6.07. The van der Waals surface area contributed by atoms with E-state index >= 15 is 0 Å². The highest BCUT2D eigenvalue weighted by Gasteiger charge is 2.36. The van der Waals surface area contributed by atoms with Gasteiger partial charge in [-0.25, -0.2) is 0 Å². The van der Waals surface area contributed by atoms with Crippen molar-refractivity contribution < 1.29 is 23.8 Å². The number of fused-ring (bicyclic) bond motifs is 1. The van der Waals surface area contributed by atoms with Gasteiger partial charge >= 0.3 is 0 Å². The molecule has 0 spiro atoms. The Balaban J connectivity index is 1.32. The van der Waals surface area contributed by atoms with E-state index in [1.807, 2.05) is 49.4 Å². The minimum absolute atomic E-state index is 0.0610. The highest BCUT2D eigenvalue weighted by molar-refractivity contribution is 6.01. The lowest BCUT2D eigenvalue weighted by atomic mass is 10.1. The molecule has 7 heteroatoms. The molecule has 0 saturated carbocycles. The molecule has 1 atom stereocenters. The van der Waals surface area contributed by atoms with Crippen LogP contribution < -0.4 is 24.4 Å². The molecule has 2 heterocycles. The minimum Gasteiger partial charge on any atom is -0.492 e. The Hall–Kier alpha value is -3.22. The first kappa shape index (κ1) is 20.1. The maximum atomic E-state index is 12.6. The van der Waals surface area contributed by atoms with Crippen LogP contribution in [0.2, 0.25) is 0 Å². The molecule has 2 aliphatic rings. The summed E-state index contributed by atoms with van der Waals surface area (Å²) in [5.74, 6) is 1.63. The van der Waals surface area contributed by atoms with Crippen LogP contribution in [0.5, 0.6) is 17.2 Å². The van der Waals surface area contributed by atoms with Crippen LogP contribution in [0.15, 0.2) is 42.5 Å². The number of nitrogens with zero attached hydrogens (tertiary/aromatic N) is 1. The molecule has 2 aliphatic heterocycles. The largest absolute Gasteiger partial charge is 0.492 e. The van der Waals surface area contributed by atoms with E-state index < -0.39 is 0 Å². The number of carbonyl (C=O) groups is 2. The molecule has 0 aromatic heterocycles. The van der Waals surface area contributed by atoms with Crippen molar-refractivity contribution in [2.75, 3.05) is 37.8 Å².